The normalized spacial score (nSPS) is 13.5. The van der Waals surface area contributed by atoms with Crippen LogP contribution in [-0.4, -0.2) is 12.6 Å². The summed E-state index contributed by atoms with van der Waals surface area (Å²) in [5, 5.41) is 2.64. The maximum Gasteiger partial charge on any atom is 0.211 e. The number of carbonyl (C=O) groups is 1. The number of nitrogens with zero attached hydrogens (tertiary/aromatic N) is 1. The molecule has 13 heavy (non-hydrogen) atoms. The first-order valence-electron chi connectivity index (χ1n) is 4.26. The van der Waals surface area contributed by atoms with E-state index in [9.17, 15) is 4.79 Å². The molecular weight excluding hydrogens is 164 g/mol. The summed E-state index contributed by atoms with van der Waals surface area (Å²) in [6.45, 7) is 0. The molecule has 1 aromatic carbocycles. The van der Waals surface area contributed by atoms with Crippen molar-refractivity contribution in [1.29, 1.82) is 0 Å². The summed E-state index contributed by atoms with van der Waals surface area (Å²) in [6, 6.07) is 5.84. The molecule has 0 aliphatic carbocycles. The van der Waals surface area contributed by atoms with Crippen LogP contribution in [0.4, 0.5) is 11.4 Å². The van der Waals surface area contributed by atoms with Gasteiger partial charge in [-0.05, 0) is 24.5 Å². The van der Waals surface area contributed by atoms with E-state index in [1.165, 1.54) is 5.56 Å². The van der Waals surface area contributed by atoms with Crippen molar-refractivity contribution in [1.82, 2.24) is 0 Å². The number of hydrogen-bond donors (Lipinski definition) is 1. The molecule has 0 spiro atoms. The standard InChI is InChI=1S/C10H10N2O/c13-7-12-9-5-1-3-8-4-2-6-11-10(8)9/h1,3,5-7H,2,4H2,(H,12,13). The smallest absolute Gasteiger partial charge is 0.211 e. The second kappa shape index (κ2) is 3.39. The summed E-state index contributed by atoms with van der Waals surface area (Å²) in [4.78, 5) is 14.6. The Balaban J connectivity index is 2.47. The molecule has 2 rings (SSSR count). The first kappa shape index (κ1) is 7.98. The van der Waals surface area contributed by atoms with Gasteiger partial charge in [0.15, 0.2) is 0 Å². The van der Waals surface area contributed by atoms with Crippen molar-refractivity contribution in [3.63, 3.8) is 0 Å². The Bertz CT molecular complexity index is 358. The molecule has 0 unspecified atom stereocenters. The molecule has 1 aliphatic heterocycles. The maximum absolute atomic E-state index is 10.3. The highest BCUT2D eigenvalue weighted by Crippen LogP contribution is 2.31. The highest BCUT2D eigenvalue weighted by atomic mass is 16.1. The highest BCUT2D eigenvalue weighted by molar-refractivity contribution is 5.84. The molecular formula is C10H10N2O. The van der Waals surface area contributed by atoms with Crippen molar-refractivity contribution in [3.8, 4) is 0 Å². The second-order valence-electron chi connectivity index (χ2n) is 2.93. The number of carbonyl (C=O) groups excluding carboxylic acids is 1. The Morgan fingerprint density at radius 3 is 3.23 bits per heavy atom. The molecule has 66 valence electrons. The Labute approximate surface area is 76.5 Å². The Morgan fingerprint density at radius 1 is 1.46 bits per heavy atom. The van der Waals surface area contributed by atoms with Gasteiger partial charge in [0, 0.05) is 6.21 Å². The van der Waals surface area contributed by atoms with E-state index in [4.69, 9.17) is 0 Å². The molecule has 0 radical (unpaired) electrons. The molecule has 3 heteroatoms. The predicted molar refractivity (Wildman–Crippen MR) is 52.6 cm³/mol. The molecule has 0 aromatic heterocycles. The van der Waals surface area contributed by atoms with Crippen molar-refractivity contribution >= 4 is 24.0 Å². The van der Waals surface area contributed by atoms with Gasteiger partial charge in [0.05, 0.1) is 11.4 Å². The number of rotatable bonds is 2. The topological polar surface area (TPSA) is 41.5 Å². The molecule has 1 aromatic rings. The van der Waals surface area contributed by atoms with Crippen LogP contribution in [0.3, 0.4) is 0 Å². The number of anilines is 1. The fourth-order valence-electron chi connectivity index (χ4n) is 1.50. The van der Waals surface area contributed by atoms with Crippen LogP contribution in [0.15, 0.2) is 23.2 Å². The van der Waals surface area contributed by atoms with Crippen LogP contribution in [0.25, 0.3) is 0 Å². The van der Waals surface area contributed by atoms with Crippen LogP contribution in [0.5, 0.6) is 0 Å². The summed E-state index contributed by atoms with van der Waals surface area (Å²) in [5.41, 5.74) is 2.90. The van der Waals surface area contributed by atoms with E-state index in [2.05, 4.69) is 10.3 Å². The number of hydrogen-bond acceptors (Lipinski definition) is 2. The van der Waals surface area contributed by atoms with Crippen LogP contribution in [-0.2, 0) is 11.2 Å². The molecule has 1 heterocycles. The van der Waals surface area contributed by atoms with Gasteiger partial charge in [-0.25, -0.2) is 0 Å². The zero-order chi connectivity index (χ0) is 9.10. The van der Waals surface area contributed by atoms with Gasteiger partial charge in [-0.1, -0.05) is 12.1 Å². The first-order chi connectivity index (χ1) is 6.42. The van der Waals surface area contributed by atoms with Crippen LogP contribution in [0.1, 0.15) is 12.0 Å². The van der Waals surface area contributed by atoms with E-state index in [-0.39, 0.29) is 0 Å². The second-order valence-corrected chi connectivity index (χ2v) is 2.93. The molecule has 1 aliphatic rings. The van der Waals surface area contributed by atoms with Gasteiger partial charge >= 0.3 is 0 Å². The van der Waals surface area contributed by atoms with Gasteiger partial charge in [0.1, 0.15) is 0 Å². The summed E-state index contributed by atoms with van der Waals surface area (Å²) in [5.74, 6) is 0. The molecule has 1 amide bonds. The van der Waals surface area contributed by atoms with Gasteiger partial charge in [0.2, 0.25) is 6.41 Å². The summed E-state index contributed by atoms with van der Waals surface area (Å²) in [7, 11) is 0. The lowest BCUT2D eigenvalue weighted by molar-refractivity contribution is -0.105. The average Bonchev–Trinajstić information content (AvgIpc) is 2.19. The number of aliphatic imine (C=N–C) groups is 1. The third kappa shape index (κ3) is 1.45. The zero-order valence-corrected chi connectivity index (χ0v) is 7.16. The predicted octanol–water partition coefficient (Wildman–Crippen LogP) is 1.90. The third-order valence-electron chi connectivity index (χ3n) is 2.10. The van der Waals surface area contributed by atoms with Crippen LogP contribution in [0, 0.1) is 0 Å². The number of aryl methyl sites for hydroxylation is 1. The number of fused-ring (bicyclic) bond motifs is 1. The summed E-state index contributed by atoms with van der Waals surface area (Å²) < 4.78 is 0. The SMILES string of the molecule is O=CNc1cccc2c1N=CCC2. The molecule has 3 nitrogen and oxygen atoms in total. The van der Waals surface area contributed by atoms with Gasteiger partial charge < -0.3 is 5.32 Å². The van der Waals surface area contributed by atoms with Crippen molar-refractivity contribution in [3.05, 3.63) is 23.8 Å². The summed E-state index contributed by atoms with van der Waals surface area (Å²) in [6.07, 6.45) is 4.56. The molecule has 1 N–H and O–H groups in total. The van der Waals surface area contributed by atoms with Crippen molar-refractivity contribution < 1.29 is 4.79 Å². The van der Waals surface area contributed by atoms with E-state index in [0.717, 1.165) is 24.2 Å². The minimum atomic E-state index is 0.680. The van der Waals surface area contributed by atoms with Crippen molar-refractivity contribution in [2.75, 3.05) is 5.32 Å². The molecule has 0 saturated heterocycles. The van der Waals surface area contributed by atoms with Crippen LogP contribution >= 0.6 is 0 Å². The lowest BCUT2D eigenvalue weighted by Crippen LogP contribution is -1.99. The van der Waals surface area contributed by atoms with E-state index in [0.29, 0.717) is 6.41 Å². The van der Waals surface area contributed by atoms with Gasteiger partial charge in [-0.2, -0.15) is 0 Å². The van der Waals surface area contributed by atoms with Crippen LogP contribution < -0.4 is 5.32 Å². The van der Waals surface area contributed by atoms with Gasteiger partial charge in [-0.15, -0.1) is 0 Å². The third-order valence-corrected chi connectivity index (χ3v) is 2.10. The number of amides is 1. The largest absolute Gasteiger partial charge is 0.327 e. The number of benzene rings is 1. The molecule has 0 atom stereocenters. The number of para-hydroxylation sites is 1. The lowest BCUT2D eigenvalue weighted by atomic mass is 10.0. The zero-order valence-electron chi connectivity index (χ0n) is 7.16. The van der Waals surface area contributed by atoms with E-state index < -0.39 is 0 Å². The minimum absolute atomic E-state index is 0.680. The molecule has 0 fully saturated rings. The minimum Gasteiger partial charge on any atom is -0.327 e. The lowest BCUT2D eigenvalue weighted by Gasteiger charge is -2.12. The monoisotopic (exact) mass is 174 g/mol. The van der Waals surface area contributed by atoms with Gasteiger partial charge in [0.25, 0.3) is 0 Å². The fourth-order valence-corrected chi connectivity index (χ4v) is 1.50. The van der Waals surface area contributed by atoms with Crippen LogP contribution in [0.2, 0.25) is 0 Å². The Hall–Kier alpha value is -1.64. The van der Waals surface area contributed by atoms with Crippen molar-refractivity contribution in [2.45, 2.75) is 12.8 Å². The van der Waals surface area contributed by atoms with E-state index in [1.807, 2.05) is 24.4 Å². The highest BCUT2D eigenvalue weighted by Gasteiger charge is 2.08. The summed E-state index contributed by atoms with van der Waals surface area (Å²) >= 11 is 0. The maximum atomic E-state index is 10.3. The molecule has 0 bridgehead atoms. The Kier molecular flexibility index (Phi) is 2.08. The van der Waals surface area contributed by atoms with Gasteiger partial charge in [-0.3, -0.25) is 9.79 Å². The number of nitrogens with one attached hydrogen (secondary N) is 1. The Morgan fingerprint density at radius 2 is 2.38 bits per heavy atom. The average molecular weight is 174 g/mol. The quantitative estimate of drug-likeness (QED) is 0.683. The van der Waals surface area contributed by atoms with E-state index in [1.54, 1.807) is 0 Å². The first-order valence-corrected chi connectivity index (χ1v) is 4.26. The fraction of sp³-hybridized carbons (Fsp3) is 0.200. The molecule has 0 saturated carbocycles. The van der Waals surface area contributed by atoms with E-state index >= 15 is 0 Å². The van der Waals surface area contributed by atoms with Crippen molar-refractivity contribution in [2.24, 2.45) is 4.99 Å².